The molecule has 2 aromatic heterocycles. The summed E-state index contributed by atoms with van der Waals surface area (Å²) in [5.41, 5.74) is 2.78. The SMILES string of the molecule is Cc1nn(C)c(C)c1NCc1ccc(S(N)(=O)=O)o1. The molecule has 0 fully saturated rings. The van der Waals surface area contributed by atoms with Gasteiger partial charge in [0.1, 0.15) is 5.76 Å². The number of anilines is 1. The molecule has 0 saturated heterocycles. The molecule has 0 spiro atoms. The molecule has 2 aromatic rings. The Balaban J connectivity index is 2.13. The lowest BCUT2D eigenvalue weighted by molar-refractivity contribution is 0.419. The molecule has 0 saturated carbocycles. The fraction of sp³-hybridized carbons (Fsp3) is 0.364. The normalized spacial score (nSPS) is 11.8. The standard InChI is InChI=1S/C11H16N4O3S/c1-7-11(8(2)15(3)14-7)13-6-9-4-5-10(18-9)19(12,16)17/h4-5,13H,6H2,1-3H3,(H2,12,16,17). The Bertz CT molecular complexity index is 700. The first-order valence-corrected chi connectivity index (χ1v) is 7.19. The van der Waals surface area contributed by atoms with Crippen LogP contribution in [0.4, 0.5) is 5.69 Å². The number of sulfonamides is 1. The van der Waals surface area contributed by atoms with E-state index in [9.17, 15) is 8.42 Å². The van der Waals surface area contributed by atoms with E-state index in [1.54, 1.807) is 10.7 Å². The van der Waals surface area contributed by atoms with E-state index in [-0.39, 0.29) is 5.09 Å². The van der Waals surface area contributed by atoms with Crippen molar-refractivity contribution >= 4 is 15.7 Å². The van der Waals surface area contributed by atoms with E-state index in [4.69, 9.17) is 9.56 Å². The first-order chi connectivity index (χ1) is 8.79. The summed E-state index contributed by atoms with van der Waals surface area (Å²) in [6.45, 7) is 4.20. The lowest BCUT2D eigenvalue weighted by Gasteiger charge is -2.04. The number of aromatic nitrogens is 2. The van der Waals surface area contributed by atoms with Gasteiger partial charge in [0.15, 0.2) is 0 Å². The molecule has 7 nitrogen and oxygen atoms in total. The first kappa shape index (κ1) is 13.6. The van der Waals surface area contributed by atoms with Crippen LogP contribution in [0.3, 0.4) is 0 Å². The first-order valence-electron chi connectivity index (χ1n) is 5.64. The minimum Gasteiger partial charge on any atom is -0.446 e. The molecule has 0 aromatic carbocycles. The lowest BCUT2D eigenvalue weighted by Crippen LogP contribution is -2.10. The molecule has 8 heteroatoms. The van der Waals surface area contributed by atoms with Crippen LogP contribution in [0.15, 0.2) is 21.6 Å². The molecule has 104 valence electrons. The highest BCUT2D eigenvalue weighted by Gasteiger charge is 2.14. The Kier molecular flexibility index (Phi) is 3.38. The molecule has 0 aliphatic heterocycles. The molecular weight excluding hydrogens is 268 g/mol. The summed E-state index contributed by atoms with van der Waals surface area (Å²) in [4.78, 5) is 0. The van der Waals surface area contributed by atoms with Gasteiger partial charge in [0.25, 0.3) is 10.0 Å². The number of aryl methyl sites for hydroxylation is 2. The highest BCUT2D eigenvalue weighted by atomic mass is 32.2. The van der Waals surface area contributed by atoms with Crippen LogP contribution >= 0.6 is 0 Å². The fourth-order valence-corrected chi connectivity index (χ4v) is 2.29. The molecule has 3 N–H and O–H groups in total. The molecule has 19 heavy (non-hydrogen) atoms. The molecule has 0 amide bonds. The van der Waals surface area contributed by atoms with E-state index in [1.165, 1.54) is 6.07 Å². The van der Waals surface area contributed by atoms with Crippen molar-refractivity contribution in [1.29, 1.82) is 0 Å². The van der Waals surface area contributed by atoms with Crippen molar-refractivity contribution in [1.82, 2.24) is 9.78 Å². The minimum atomic E-state index is -3.79. The van der Waals surface area contributed by atoms with E-state index < -0.39 is 10.0 Å². The second-order valence-corrected chi connectivity index (χ2v) is 5.78. The zero-order chi connectivity index (χ0) is 14.2. The smallest absolute Gasteiger partial charge is 0.271 e. The molecule has 2 heterocycles. The molecule has 2 rings (SSSR count). The summed E-state index contributed by atoms with van der Waals surface area (Å²) in [6, 6.07) is 2.92. The number of primary sulfonamides is 1. The quantitative estimate of drug-likeness (QED) is 0.867. The monoisotopic (exact) mass is 284 g/mol. The summed E-state index contributed by atoms with van der Waals surface area (Å²) < 4.78 is 29.1. The molecule has 0 unspecified atom stereocenters. The topological polar surface area (TPSA) is 103 Å². The number of hydrogen-bond donors (Lipinski definition) is 2. The number of hydrogen-bond acceptors (Lipinski definition) is 5. The highest BCUT2D eigenvalue weighted by Crippen LogP contribution is 2.20. The fourth-order valence-electron chi connectivity index (χ4n) is 1.81. The Labute approximate surface area is 111 Å². The van der Waals surface area contributed by atoms with E-state index >= 15 is 0 Å². The van der Waals surface area contributed by atoms with Gasteiger partial charge in [0.2, 0.25) is 5.09 Å². The van der Waals surface area contributed by atoms with Crippen molar-refractivity contribution in [3.05, 3.63) is 29.3 Å². The molecule has 0 radical (unpaired) electrons. The number of furan rings is 1. The number of nitrogens with two attached hydrogens (primary N) is 1. The number of rotatable bonds is 4. The average Bonchev–Trinajstić information content (AvgIpc) is 2.84. The van der Waals surface area contributed by atoms with Crippen molar-refractivity contribution < 1.29 is 12.8 Å². The van der Waals surface area contributed by atoms with Crippen molar-refractivity contribution in [2.75, 3.05) is 5.32 Å². The van der Waals surface area contributed by atoms with E-state index in [0.717, 1.165) is 17.1 Å². The predicted molar refractivity (Wildman–Crippen MR) is 70.1 cm³/mol. The van der Waals surface area contributed by atoms with Gasteiger partial charge in [-0.05, 0) is 26.0 Å². The van der Waals surface area contributed by atoms with Crippen LogP contribution in [-0.2, 0) is 23.6 Å². The Morgan fingerprint density at radius 1 is 1.42 bits per heavy atom. The molecule has 0 aliphatic rings. The van der Waals surface area contributed by atoms with Crippen LogP contribution in [0.2, 0.25) is 0 Å². The summed E-state index contributed by atoms with van der Waals surface area (Å²) in [6.07, 6.45) is 0. The van der Waals surface area contributed by atoms with Crippen molar-refractivity contribution in [2.24, 2.45) is 12.2 Å². The van der Waals surface area contributed by atoms with Gasteiger partial charge in [-0.15, -0.1) is 0 Å². The summed E-state index contributed by atoms with van der Waals surface area (Å²) in [5.74, 6) is 0.492. The maximum Gasteiger partial charge on any atom is 0.271 e. The Hall–Kier alpha value is -1.80. The third-order valence-corrected chi connectivity index (χ3v) is 3.65. The second kappa shape index (κ2) is 4.71. The highest BCUT2D eigenvalue weighted by molar-refractivity contribution is 7.89. The lowest BCUT2D eigenvalue weighted by atomic mass is 10.3. The second-order valence-electron chi connectivity index (χ2n) is 4.29. The number of nitrogens with zero attached hydrogens (tertiary/aromatic N) is 2. The Morgan fingerprint density at radius 3 is 2.58 bits per heavy atom. The van der Waals surface area contributed by atoms with Gasteiger partial charge in [-0.1, -0.05) is 0 Å². The third-order valence-electron chi connectivity index (χ3n) is 2.87. The average molecular weight is 284 g/mol. The molecular formula is C11H16N4O3S. The van der Waals surface area contributed by atoms with Gasteiger partial charge in [-0.2, -0.15) is 5.10 Å². The third kappa shape index (κ3) is 2.79. The molecule has 0 bridgehead atoms. The van der Waals surface area contributed by atoms with Gasteiger partial charge >= 0.3 is 0 Å². The summed E-state index contributed by atoms with van der Waals surface area (Å²) in [5, 5.41) is 12.2. The maximum atomic E-state index is 11.1. The van der Waals surface area contributed by atoms with E-state index in [2.05, 4.69) is 10.4 Å². The van der Waals surface area contributed by atoms with Gasteiger partial charge in [0, 0.05) is 7.05 Å². The van der Waals surface area contributed by atoms with Crippen LogP contribution in [-0.4, -0.2) is 18.2 Å². The van der Waals surface area contributed by atoms with Crippen molar-refractivity contribution in [3.63, 3.8) is 0 Å². The van der Waals surface area contributed by atoms with Gasteiger partial charge in [-0.3, -0.25) is 4.68 Å². The minimum absolute atomic E-state index is 0.232. The Morgan fingerprint density at radius 2 is 2.11 bits per heavy atom. The van der Waals surface area contributed by atoms with Crippen molar-refractivity contribution in [3.8, 4) is 0 Å². The van der Waals surface area contributed by atoms with Gasteiger partial charge in [0.05, 0.1) is 23.6 Å². The zero-order valence-corrected chi connectivity index (χ0v) is 11.8. The predicted octanol–water partition coefficient (Wildman–Crippen LogP) is 0.889. The molecule has 0 atom stereocenters. The summed E-state index contributed by atoms with van der Waals surface area (Å²) in [7, 11) is -1.93. The van der Waals surface area contributed by atoms with Gasteiger partial charge < -0.3 is 9.73 Å². The van der Waals surface area contributed by atoms with Crippen LogP contribution in [0, 0.1) is 13.8 Å². The number of nitrogens with one attached hydrogen (secondary N) is 1. The van der Waals surface area contributed by atoms with E-state index in [0.29, 0.717) is 12.3 Å². The largest absolute Gasteiger partial charge is 0.446 e. The van der Waals surface area contributed by atoms with Crippen LogP contribution in [0.5, 0.6) is 0 Å². The summed E-state index contributed by atoms with van der Waals surface area (Å²) >= 11 is 0. The molecule has 0 aliphatic carbocycles. The maximum absolute atomic E-state index is 11.1. The van der Waals surface area contributed by atoms with E-state index in [1.807, 2.05) is 20.9 Å². The van der Waals surface area contributed by atoms with Crippen LogP contribution in [0.25, 0.3) is 0 Å². The van der Waals surface area contributed by atoms with Crippen molar-refractivity contribution in [2.45, 2.75) is 25.5 Å². The van der Waals surface area contributed by atoms with Crippen LogP contribution < -0.4 is 10.5 Å². The van der Waals surface area contributed by atoms with Crippen LogP contribution in [0.1, 0.15) is 17.1 Å². The zero-order valence-electron chi connectivity index (χ0n) is 11.0. The van der Waals surface area contributed by atoms with Gasteiger partial charge in [-0.25, -0.2) is 13.6 Å².